The van der Waals surface area contributed by atoms with Crippen LogP contribution in [0, 0.1) is 6.92 Å². The molecule has 2 rings (SSSR count). The molecule has 0 amide bonds. The third-order valence-electron chi connectivity index (χ3n) is 2.67. The van der Waals surface area contributed by atoms with Crippen molar-refractivity contribution in [1.82, 2.24) is 4.98 Å². The summed E-state index contributed by atoms with van der Waals surface area (Å²) < 4.78 is 5.18. The molecule has 0 spiro atoms. The molecule has 2 N–H and O–H groups in total. The van der Waals surface area contributed by atoms with Gasteiger partial charge in [-0.2, -0.15) is 0 Å². The molecule has 0 aliphatic heterocycles. The zero-order chi connectivity index (χ0) is 13.8. The number of methoxy groups -OCH3 is 1. The predicted molar refractivity (Wildman–Crippen MR) is 72.2 cm³/mol. The molecule has 0 atom stereocenters. The molecule has 19 heavy (non-hydrogen) atoms. The second kappa shape index (κ2) is 5.39. The van der Waals surface area contributed by atoms with E-state index < -0.39 is 5.97 Å². The van der Waals surface area contributed by atoms with E-state index in [9.17, 15) is 4.79 Å². The van der Waals surface area contributed by atoms with Gasteiger partial charge < -0.3 is 15.2 Å². The number of aryl methyl sites for hydroxylation is 1. The van der Waals surface area contributed by atoms with Crippen LogP contribution in [0.3, 0.4) is 0 Å². The van der Waals surface area contributed by atoms with E-state index in [1.807, 2.05) is 25.1 Å². The SMILES string of the molecule is COc1ccc(Nc2cc(C(=O)O)ccn2)cc1C. The van der Waals surface area contributed by atoms with Crippen LogP contribution in [0.4, 0.5) is 11.5 Å². The number of nitrogens with zero attached hydrogens (tertiary/aromatic N) is 1. The monoisotopic (exact) mass is 258 g/mol. The van der Waals surface area contributed by atoms with Crippen LogP contribution in [-0.4, -0.2) is 23.2 Å². The summed E-state index contributed by atoms with van der Waals surface area (Å²) in [6.07, 6.45) is 1.46. The Morgan fingerprint density at radius 1 is 1.32 bits per heavy atom. The second-order valence-electron chi connectivity index (χ2n) is 4.04. The van der Waals surface area contributed by atoms with Gasteiger partial charge in [0.15, 0.2) is 0 Å². The van der Waals surface area contributed by atoms with Crippen LogP contribution in [0.25, 0.3) is 0 Å². The van der Waals surface area contributed by atoms with Crippen molar-refractivity contribution in [1.29, 1.82) is 0 Å². The minimum Gasteiger partial charge on any atom is -0.496 e. The molecule has 0 unspecified atom stereocenters. The van der Waals surface area contributed by atoms with Gasteiger partial charge in [-0.05, 0) is 42.8 Å². The second-order valence-corrected chi connectivity index (χ2v) is 4.04. The lowest BCUT2D eigenvalue weighted by molar-refractivity contribution is 0.0697. The van der Waals surface area contributed by atoms with Crippen molar-refractivity contribution in [3.8, 4) is 5.75 Å². The molecular weight excluding hydrogens is 244 g/mol. The lowest BCUT2D eigenvalue weighted by Crippen LogP contribution is -2.00. The number of rotatable bonds is 4. The minimum atomic E-state index is -0.976. The summed E-state index contributed by atoms with van der Waals surface area (Å²) in [5, 5.41) is 12.0. The number of pyridine rings is 1. The van der Waals surface area contributed by atoms with Gasteiger partial charge in [0.05, 0.1) is 12.7 Å². The van der Waals surface area contributed by atoms with Gasteiger partial charge in [0.1, 0.15) is 11.6 Å². The van der Waals surface area contributed by atoms with Crippen molar-refractivity contribution >= 4 is 17.5 Å². The Kier molecular flexibility index (Phi) is 3.66. The van der Waals surface area contributed by atoms with Crippen LogP contribution in [0.15, 0.2) is 36.5 Å². The van der Waals surface area contributed by atoms with E-state index in [2.05, 4.69) is 10.3 Å². The maximum Gasteiger partial charge on any atom is 0.335 e. The molecule has 2 aromatic rings. The van der Waals surface area contributed by atoms with Gasteiger partial charge in [0.25, 0.3) is 0 Å². The Morgan fingerprint density at radius 3 is 2.74 bits per heavy atom. The molecule has 0 saturated carbocycles. The summed E-state index contributed by atoms with van der Waals surface area (Å²) in [6.45, 7) is 1.94. The maximum absolute atomic E-state index is 10.9. The summed E-state index contributed by atoms with van der Waals surface area (Å²) in [6, 6.07) is 8.54. The number of anilines is 2. The average Bonchev–Trinajstić information content (AvgIpc) is 2.39. The minimum absolute atomic E-state index is 0.197. The Hall–Kier alpha value is -2.56. The first kappa shape index (κ1) is 12.9. The quantitative estimate of drug-likeness (QED) is 0.882. The highest BCUT2D eigenvalue weighted by atomic mass is 16.5. The summed E-state index contributed by atoms with van der Waals surface area (Å²) in [7, 11) is 1.62. The Labute approximate surface area is 110 Å². The normalized spacial score (nSPS) is 10.0. The molecule has 0 aliphatic rings. The van der Waals surface area contributed by atoms with Gasteiger partial charge in [-0.15, -0.1) is 0 Å². The zero-order valence-corrected chi connectivity index (χ0v) is 10.7. The molecule has 98 valence electrons. The molecule has 5 heteroatoms. The smallest absolute Gasteiger partial charge is 0.335 e. The van der Waals surface area contributed by atoms with Gasteiger partial charge >= 0.3 is 5.97 Å². The fourth-order valence-corrected chi connectivity index (χ4v) is 1.74. The average molecular weight is 258 g/mol. The lowest BCUT2D eigenvalue weighted by Gasteiger charge is -2.09. The van der Waals surface area contributed by atoms with Crippen molar-refractivity contribution in [3.05, 3.63) is 47.7 Å². The molecule has 0 aliphatic carbocycles. The predicted octanol–water partition coefficient (Wildman–Crippen LogP) is 2.84. The fraction of sp³-hybridized carbons (Fsp3) is 0.143. The summed E-state index contributed by atoms with van der Waals surface area (Å²) in [5.74, 6) is 0.318. The summed E-state index contributed by atoms with van der Waals surface area (Å²) in [5.41, 5.74) is 2.01. The highest BCUT2D eigenvalue weighted by molar-refractivity contribution is 5.88. The van der Waals surface area contributed by atoms with Crippen LogP contribution < -0.4 is 10.1 Å². The van der Waals surface area contributed by atoms with E-state index in [-0.39, 0.29) is 5.56 Å². The van der Waals surface area contributed by atoms with Gasteiger partial charge in [-0.1, -0.05) is 0 Å². The Balaban J connectivity index is 2.23. The molecule has 0 saturated heterocycles. The molecular formula is C14H14N2O3. The zero-order valence-electron chi connectivity index (χ0n) is 10.7. The fourth-order valence-electron chi connectivity index (χ4n) is 1.74. The summed E-state index contributed by atoms with van der Waals surface area (Å²) in [4.78, 5) is 15.0. The number of hydrogen-bond acceptors (Lipinski definition) is 4. The Bertz CT molecular complexity index is 611. The number of aromatic carboxylic acids is 1. The van der Waals surface area contributed by atoms with E-state index in [1.54, 1.807) is 7.11 Å². The van der Waals surface area contributed by atoms with Crippen molar-refractivity contribution in [2.75, 3.05) is 12.4 Å². The van der Waals surface area contributed by atoms with Crippen molar-refractivity contribution in [2.24, 2.45) is 0 Å². The van der Waals surface area contributed by atoms with Crippen LogP contribution in [0.2, 0.25) is 0 Å². The molecule has 1 aromatic heterocycles. The number of ether oxygens (including phenoxy) is 1. The first-order valence-electron chi connectivity index (χ1n) is 5.71. The molecule has 1 aromatic carbocycles. The molecule has 0 bridgehead atoms. The highest BCUT2D eigenvalue weighted by Gasteiger charge is 2.05. The molecule has 0 radical (unpaired) electrons. The number of carboxylic acids is 1. The number of nitrogens with one attached hydrogen (secondary N) is 1. The number of benzene rings is 1. The molecule has 5 nitrogen and oxygen atoms in total. The molecule has 1 heterocycles. The number of carbonyl (C=O) groups is 1. The van der Waals surface area contributed by atoms with Crippen molar-refractivity contribution in [3.63, 3.8) is 0 Å². The first-order valence-corrected chi connectivity index (χ1v) is 5.71. The van der Waals surface area contributed by atoms with Crippen LogP contribution in [0.5, 0.6) is 5.75 Å². The van der Waals surface area contributed by atoms with Crippen molar-refractivity contribution in [2.45, 2.75) is 6.92 Å². The topological polar surface area (TPSA) is 71.5 Å². The van der Waals surface area contributed by atoms with E-state index in [0.717, 1.165) is 17.0 Å². The lowest BCUT2D eigenvalue weighted by atomic mass is 10.2. The van der Waals surface area contributed by atoms with E-state index >= 15 is 0 Å². The van der Waals surface area contributed by atoms with E-state index in [0.29, 0.717) is 5.82 Å². The van der Waals surface area contributed by atoms with Gasteiger partial charge in [-0.3, -0.25) is 0 Å². The highest BCUT2D eigenvalue weighted by Crippen LogP contribution is 2.23. The van der Waals surface area contributed by atoms with E-state index in [1.165, 1.54) is 18.3 Å². The third kappa shape index (κ3) is 3.01. The van der Waals surface area contributed by atoms with Crippen LogP contribution >= 0.6 is 0 Å². The van der Waals surface area contributed by atoms with Gasteiger partial charge in [0, 0.05) is 11.9 Å². The van der Waals surface area contributed by atoms with Crippen LogP contribution in [0.1, 0.15) is 15.9 Å². The Morgan fingerprint density at radius 2 is 2.11 bits per heavy atom. The third-order valence-corrected chi connectivity index (χ3v) is 2.67. The summed E-state index contributed by atoms with van der Waals surface area (Å²) >= 11 is 0. The van der Waals surface area contributed by atoms with Crippen molar-refractivity contribution < 1.29 is 14.6 Å². The van der Waals surface area contributed by atoms with Gasteiger partial charge in [0.2, 0.25) is 0 Å². The first-order chi connectivity index (χ1) is 9.10. The van der Waals surface area contributed by atoms with E-state index in [4.69, 9.17) is 9.84 Å². The number of hydrogen-bond donors (Lipinski definition) is 2. The van der Waals surface area contributed by atoms with Gasteiger partial charge in [-0.25, -0.2) is 9.78 Å². The maximum atomic E-state index is 10.9. The standard InChI is InChI=1S/C14H14N2O3/c1-9-7-11(3-4-12(9)19-2)16-13-8-10(14(17)18)5-6-15-13/h3-8H,1-2H3,(H,15,16)(H,17,18). The number of aromatic nitrogens is 1. The largest absolute Gasteiger partial charge is 0.496 e. The van der Waals surface area contributed by atoms with Crippen LogP contribution in [-0.2, 0) is 0 Å². The molecule has 0 fully saturated rings. The number of carboxylic acid groups (broad SMARTS) is 1.